The monoisotopic (exact) mass is 371 g/mol. The van der Waals surface area contributed by atoms with Crippen molar-refractivity contribution in [2.45, 2.75) is 12.6 Å². The van der Waals surface area contributed by atoms with Crippen molar-refractivity contribution in [2.24, 2.45) is 0 Å². The molecule has 0 aliphatic carbocycles. The van der Waals surface area contributed by atoms with Crippen molar-refractivity contribution < 1.29 is 19.4 Å². The van der Waals surface area contributed by atoms with Gasteiger partial charge in [-0.1, -0.05) is 12.1 Å². The van der Waals surface area contributed by atoms with E-state index in [1.165, 1.54) is 13.2 Å². The highest BCUT2D eigenvalue weighted by atomic mass is 32.1. The second kappa shape index (κ2) is 6.38. The minimum Gasteiger partial charge on any atom is -0.504 e. The lowest BCUT2D eigenvalue weighted by Gasteiger charge is -2.26. The van der Waals surface area contributed by atoms with Crippen molar-refractivity contribution in [2.75, 3.05) is 13.7 Å². The summed E-state index contributed by atoms with van der Waals surface area (Å²) < 4.78 is 5.14. The van der Waals surface area contributed by atoms with Gasteiger partial charge in [-0.15, -0.1) is 11.3 Å². The van der Waals surface area contributed by atoms with Crippen molar-refractivity contribution in [3.63, 3.8) is 0 Å². The van der Waals surface area contributed by atoms with E-state index in [1.807, 2.05) is 17.5 Å². The number of nitrogens with one attached hydrogen (secondary N) is 2. The van der Waals surface area contributed by atoms with Crippen molar-refractivity contribution in [3.8, 4) is 11.5 Å². The SMILES string of the molecule is COc1cc([C@@H]2NC(=O)NC3=C2C(=O)N(Cc2cccs2)C3)ccc1O. The predicted octanol–water partition coefficient (Wildman–Crippen LogP) is 2.11. The summed E-state index contributed by atoms with van der Waals surface area (Å²) >= 11 is 1.59. The molecule has 0 spiro atoms. The van der Waals surface area contributed by atoms with Crippen LogP contribution in [0.4, 0.5) is 4.79 Å². The maximum Gasteiger partial charge on any atom is 0.319 e. The highest BCUT2D eigenvalue weighted by Gasteiger charge is 2.40. The number of nitrogens with zero attached hydrogens (tertiary/aromatic N) is 1. The summed E-state index contributed by atoms with van der Waals surface area (Å²) in [5.74, 6) is 0.180. The van der Waals surface area contributed by atoms with Crippen molar-refractivity contribution >= 4 is 23.3 Å². The molecule has 7 nitrogen and oxygen atoms in total. The van der Waals surface area contributed by atoms with Crippen molar-refractivity contribution in [3.05, 3.63) is 57.4 Å². The molecule has 26 heavy (non-hydrogen) atoms. The van der Waals surface area contributed by atoms with Crippen LogP contribution in [-0.4, -0.2) is 35.6 Å². The number of rotatable bonds is 4. The first-order valence-electron chi connectivity index (χ1n) is 8.06. The second-order valence-electron chi connectivity index (χ2n) is 6.10. The normalized spacial score (nSPS) is 19.3. The fourth-order valence-electron chi connectivity index (χ4n) is 3.27. The summed E-state index contributed by atoms with van der Waals surface area (Å²) in [6.45, 7) is 0.871. The highest BCUT2D eigenvalue weighted by Crippen LogP contribution is 2.36. The Balaban J connectivity index is 1.67. The number of urea groups is 1. The van der Waals surface area contributed by atoms with Crippen LogP contribution in [0.1, 0.15) is 16.5 Å². The molecule has 0 unspecified atom stereocenters. The third-order valence-electron chi connectivity index (χ3n) is 4.48. The highest BCUT2D eigenvalue weighted by molar-refractivity contribution is 7.09. The van der Waals surface area contributed by atoms with E-state index >= 15 is 0 Å². The predicted molar refractivity (Wildman–Crippen MR) is 95.8 cm³/mol. The van der Waals surface area contributed by atoms with Gasteiger partial charge in [-0.05, 0) is 29.1 Å². The van der Waals surface area contributed by atoms with Crippen LogP contribution in [0.2, 0.25) is 0 Å². The summed E-state index contributed by atoms with van der Waals surface area (Å²) in [5, 5.41) is 17.3. The first-order valence-corrected chi connectivity index (χ1v) is 8.94. The molecule has 2 aliphatic heterocycles. The van der Waals surface area contributed by atoms with Gasteiger partial charge in [-0.3, -0.25) is 4.79 Å². The number of aromatic hydroxyl groups is 1. The summed E-state index contributed by atoms with van der Waals surface area (Å²) in [4.78, 5) is 27.9. The number of ether oxygens (including phenoxy) is 1. The fourth-order valence-corrected chi connectivity index (χ4v) is 3.99. The summed E-state index contributed by atoms with van der Waals surface area (Å²) in [6, 6.07) is 7.78. The molecule has 3 amide bonds. The molecule has 8 heteroatoms. The van der Waals surface area contributed by atoms with Crippen LogP contribution in [-0.2, 0) is 11.3 Å². The Labute approximate surface area is 153 Å². The zero-order valence-electron chi connectivity index (χ0n) is 14.0. The number of hydrogen-bond donors (Lipinski definition) is 3. The molecule has 4 rings (SSSR count). The van der Waals surface area contributed by atoms with Crippen LogP contribution in [0.15, 0.2) is 47.0 Å². The molecule has 134 valence electrons. The van der Waals surface area contributed by atoms with Crippen LogP contribution in [0.3, 0.4) is 0 Å². The first kappa shape index (κ1) is 16.5. The van der Waals surface area contributed by atoms with E-state index in [0.29, 0.717) is 35.7 Å². The van der Waals surface area contributed by atoms with Gasteiger partial charge in [0.05, 0.1) is 37.5 Å². The lowest BCUT2D eigenvalue weighted by Crippen LogP contribution is -2.44. The topological polar surface area (TPSA) is 90.9 Å². The molecule has 0 radical (unpaired) electrons. The van der Waals surface area contributed by atoms with Crippen molar-refractivity contribution in [1.29, 1.82) is 0 Å². The Bertz CT molecular complexity index is 907. The molecule has 0 fully saturated rings. The standard InChI is InChI=1S/C18H17N3O4S/c1-25-14-7-10(4-5-13(14)22)16-15-12(19-18(24)20-16)9-21(17(15)23)8-11-3-2-6-26-11/h2-7,16,22H,8-9H2,1H3,(H2,19,20,24)/t16-/m0/s1. The Morgan fingerprint density at radius 2 is 2.19 bits per heavy atom. The quantitative estimate of drug-likeness (QED) is 0.768. The number of amides is 3. The smallest absolute Gasteiger partial charge is 0.319 e. The maximum absolute atomic E-state index is 13.0. The molecule has 2 aliphatic rings. The second-order valence-corrected chi connectivity index (χ2v) is 7.13. The molecule has 1 aromatic carbocycles. The molecular formula is C18H17N3O4S. The van der Waals surface area contributed by atoms with E-state index in [2.05, 4.69) is 10.6 Å². The molecule has 1 aromatic heterocycles. The van der Waals surface area contributed by atoms with E-state index < -0.39 is 6.04 Å². The summed E-state index contributed by atoms with van der Waals surface area (Å²) in [7, 11) is 1.45. The van der Waals surface area contributed by atoms with E-state index in [9.17, 15) is 14.7 Å². The van der Waals surface area contributed by atoms with E-state index in [4.69, 9.17) is 4.74 Å². The zero-order chi connectivity index (χ0) is 18.3. The van der Waals surface area contributed by atoms with Gasteiger partial charge < -0.3 is 25.4 Å². The van der Waals surface area contributed by atoms with Crippen LogP contribution < -0.4 is 15.4 Å². The zero-order valence-corrected chi connectivity index (χ0v) is 14.8. The number of hydrogen-bond acceptors (Lipinski definition) is 5. The lowest BCUT2D eigenvalue weighted by molar-refractivity contribution is -0.126. The number of carbonyl (C=O) groups excluding carboxylic acids is 2. The Morgan fingerprint density at radius 3 is 2.92 bits per heavy atom. The Morgan fingerprint density at radius 1 is 1.35 bits per heavy atom. The Kier molecular flexibility index (Phi) is 4.04. The van der Waals surface area contributed by atoms with Gasteiger partial charge in [-0.25, -0.2) is 4.79 Å². The fraction of sp³-hybridized carbons (Fsp3) is 0.222. The van der Waals surface area contributed by atoms with Crippen LogP contribution in [0.25, 0.3) is 0 Å². The van der Waals surface area contributed by atoms with Crippen molar-refractivity contribution in [1.82, 2.24) is 15.5 Å². The molecule has 0 saturated heterocycles. The largest absolute Gasteiger partial charge is 0.504 e. The minimum atomic E-state index is -0.589. The first-order chi connectivity index (χ1) is 12.6. The third-order valence-corrected chi connectivity index (χ3v) is 5.35. The molecule has 0 saturated carbocycles. The summed E-state index contributed by atoms with van der Waals surface area (Å²) in [6.07, 6.45) is 0. The summed E-state index contributed by atoms with van der Waals surface area (Å²) in [5.41, 5.74) is 1.81. The van der Waals surface area contributed by atoms with Gasteiger partial charge in [0, 0.05) is 4.88 Å². The Hall–Kier alpha value is -3.00. The van der Waals surface area contributed by atoms with Gasteiger partial charge in [0.25, 0.3) is 5.91 Å². The van der Waals surface area contributed by atoms with E-state index in [-0.39, 0.29) is 17.7 Å². The molecule has 3 heterocycles. The van der Waals surface area contributed by atoms with Crippen LogP contribution >= 0.6 is 11.3 Å². The maximum atomic E-state index is 13.0. The average molecular weight is 371 g/mol. The van der Waals surface area contributed by atoms with Gasteiger partial charge in [-0.2, -0.15) is 0 Å². The lowest BCUT2D eigenvalue weighted by atomic mass is 9.96. The van der Waals surface area contributed by atoms with Gasteiger partial charge >= 0.3 is 6.03 Å². The van der Waals surface area contributed by atoms with Crippen LogP contribution in [0, 0.1) is 0 Å². The third kappa shape index (κ3) is 2.78. The number of carbonyl (C=O) groups is 2. The van der Waals surface area contributed by atoms with Gasteiger partial charge in [0.1, 0.15) is 0 Å². The minimum absolute atomic E-state index is 0.00258. The average Bonchev–Trinajstić information content (AvgIpc) is 3.23. The molecule has 1 atom stereocenters. The number of phenols is 1. The molecular weight excluding hydrogens is 354 g/mol. The number of thiophene rings is 1. The molecule has 0 bridgehead atoms. The van der Waals surface area contributed by atoms with Gasteiger partial charge in [0.2, 0.25) is 0 Å². The number of phenolic OH excluding ortho intramolecular Hbond substituents is 1. The van der Waals surface area contributed by atoms with E-state index in [1.54, 1.807) is 28.4 Å². The van der Waals surface area contributed by atoms with Gasteiger partial charge in [0.15, 0.2) is 11.5 Å². The number of benzene rings is 1. The molecule has 3 N–H and O–H groups in total. The van der Waals surface area contributed by atoms with Crippen LogP contribution in [0.5, 0.6) is 11.5 Å². The van der Waals surface area contributed by atoms with E-state index in [0.717, 1.165) is 4.88 Å². The molecule has 2 aromatic rings. The number of methoxy groups -OCH3 is 1.